The Morgan fingerprint density at radius 1 is 1.15 bits per heavy atom. The van der Waals surface area contributed by atoms with E-state index in [1.54, 1.807) is 12.1 Å². The molecule has 26 heavy (non-hydrogen) atoms. The van der Waals surface area contributed by atoms with Gasteiger partial charge in [0.05, 0.1) is 6.07 Å². The summed E-state index contributed by atoms with van der Waals surface area (Å²) in [6.45, 7) is -0.887. The van der Waals surface area contributed by atoms with Crippen molar-refractivity contribution in [3.05, 3.63) is 29.8 Å². The molecule has 1 saturated carbocycles. The number of benzene rings is 1. The Bertz CT molecular complexity index is 720. The molecule has 1 fully saturated rings. The maximum absolute atomic E-state index is 12.2. The number of ether oxygens (including phenoxy) is 2. The summed E-state index contributed by atoms with van der Waals surface area (Å²) in [6.07, 6.45) is 3.97. The number of amides is 2. The number of hydrogen-bond acceptors (Lipinski definition) is 6. The number of primary amides is 1. The molecule has 1 aromatic rings. The molecule has 1 aliphatic carbocycles. The minimum absolute atomic E-state index is 0.0780. The summed E-state index contributed by atoms with van der Waals surface area (Å²) in [5.41, 5.74) is 4.21. The Morgan fingerprint density at radius 2 is 1.85 bits per heavy atom. The molecule has 1 aliphatic rings. The second-order valence-corrected chi connectivity index (χ2v) is 6.13. The predicted molar refractivity (Wildman–Crippen MR) is 91.0 cm³/mol. The molecule has 0 heterocycles. The first-order valence-electron chi connectivity index (χ1n) is 8.35. The average Bonchev–Trinajstić information content (AvgIpc) is 2.65. The maximum Gasteiger partial charge on any atom is 0.342 e. The first kappa shape index (κ1) is 19.2. The standard InChI is InChI=1S/C18H21N3O5/c19-12-18(8-4-1-5-9-18)21-16(23)11-26-17(24)13-6-2-3-7-14(13)25-10-15(20)22/h2-3,6-7H,1,4-5,8-11H2,(H2,20,22)(H,21,23). The SMILES string of the molecule is N#CC1(NC(=O)COC(=O)c2ccccc2OCC(N)=O)CCCCC1. The van der Waals surface area contributed by atoms with E-state index < -0.39 is 29.9 Å². The van der Waals surface area contributed by atoms with Crippen LogP contribution in [0.3, 0.4) is 0 Å². The summed E-state index contributed by atoms with van der Waals surface area (Å²) in [5, 5.41) is 12.0. The van der Waals surface area contributed by atoms with Gasteiger partial charge >= 0.3 is 5.97 Å². The number of nitrogens with two attached hydrogens (primary N) is 1. The third kappa shape index (κ3) is 5.21. The van der Waals surface area contributed by atoms with Crippen LogP contribution in [-0.4, -0.2) is 36.5 Å². The van der Waals surface area contributed by atoms with Crippen LogP contribution >= 0.6 is 0 Å². The molecule has 2 amide bonds. The van der Waals surface area contributed by atoms with Gasteiger partial charge in [-0.05, 0) is 25.0 Å². The lowest BCUT2D eigenvalue weighted by Gasteiger charge is -2.31. The van der Waals surface area contributed by atoms with E-state index >= 15 is 0 Å². The van der Waals surface area contributed by atoms with Crippen molar-refractivity contribution in [3.63, 3.8) is 0 Å². The predicted octanol–water partition coefficient (Wildman–Crippen LogP) is 1.05. The Balaban J connectivity index is 1.93. The first-order chi connectivity index (χ1) is 12.5. The van der Waals surface area contributed by atoms with Crippen LogP contribution in [0.1, 0.15) is 42.5 Å². The normalized spacial score (nSPS) is 15.3. The van der Waals surface area contributed by atoms with E-state index in [4.69, 9.17) is 15.2 Å². The van der Waals surface area contributed by atoms with Gasteiger partial charge < -0.3 is 20.5 Å². The van der Waals surface area contributed by atoms with E-state index in [0.29, 0.717) is 12.8 Å². The summed E-state index contributed by atoms with van der Waals surface area (Å²) in [5.74, 6) is -1.84. The van der Waals surface area contributed by atoms with Crippen LogP contribution in [0.25, 0.3) is 0 Å². The molecular formula is C18H21N3O5. The van der Waals surface area contributed by atoms with E-state index in [1.807, 2.05) is 0 Å². The minimum atomic E-state index is -0.885. The Kier molecular flexibility index (Phi) is 6.55. The third-order valence-electron chi connectivity index (χ3n) is 4.11. The van der Waals surface area contributed by atoms with Crippen molar-refractivity contribution in [1.29, 1.82) is 5.26 Å². The lowest BCUT2D eigenvalue weighted by molar-refractivity contribution is -0.126. The van der Waals surface area contributed by atoms with Crippen molar-refractivity contribution in [2.45, 2.75) is 37.6 Å². The van der Waals surface area contributed by atoms with Crippen molar-refractivity contribution < 1.29 is 23.9 Å². The number of nitrogens with one attached hydrogen (secondary N) is 1. The van der Waals surface area contributed by atoms with Gasteiger partial charge in [0, 0.05) is 0 Å². The molecule has 0 spiro atoms. The number of nitrogens with zero attached hydrogens (tertiary/aromatic N) is 1. The monoisotopic (exact) mass is 359 g/mol. The van der Waals surface area contributed by atoms with Gasteiger partial charge in [0.2, 0.25) is 0 Å². The molecule has 0 aromatic heterocycles. The van der Waals surface area contributed by atoms with Gasteiger partial charge in [-0.3, -0.25) is 9.59 Å². The van der Waals surface area contributed by atoms with E-state index in [2.05, 4.69) is 11.4 Å². The highest BCUT2D eigenvalue weighted by Crippen LogP contribution is 2.27. The zero-order chi connectivity index (χ0) is 19.0. The number of rotatable bonds is 7. The number of nitriles is 1. The van der Waals surface area contributed by atoms with Gasteiger partial charge in [0.15, 0.2) is 13.2 Å². The van der Waals surface area contributed by atoms with Crippen LogP contribution in [0, 0.1) is 11.3 Å². The van der Waals surface area contributed by atoms with Gasteiger partial charge in [-0.15, -0.1) is 0 Å². The lowest BCUT2D eigenvalue weighted by atomic mass is 9.83. The van der Waals surface area contributed by atoms with Gasteiger partial charge in [0.25, 0.3) is 11.8 Å². The first-order valence-corrected chi connectivity index (χ1v) is 8.35. The number of hydrogen-bond donors (Lipinski definition) is 2. The van der Waals surface area contributed by atoms with Crippen molar-refractivity contribution in [2.75, 3.05) is 13.2 Å². The highest BCUT2D eigenvalue weighted by atomic mass is 16.5. The van der Waals surface area contributed by atoms with Crippen molar-refractivity contribution >= 4 is 17.8 Å². The summed E-state index contributed by atoms with van der Waals surface area (Å²) in [4.78, 5) is 35.1. The summed E-state index contributed by atoms with van der Waals surface area (Å²) >= 11 is 0. The zero-order valence-electron chi connectivity index (χ0n) is 14.3. The Labute approximate surface area is 151 Å². The molecule has 0 saturated heterocycles. The molecule has 0 aliphatic heterocycles. The van der Waals surface area contributed by atoms with Crippen LogP contribution in [0.5, 0.6) is 5.75 Å². The second kappa shape index (κ2) is 8.85. The maximum atomic E-state index is 12.2. The molecule has 8 heteroatoms. The van der Waals surface area contributed by atoms with Crippen LogP contribution in [0.15, 0.2) is 24.3 Å². The van der Waals surface area contributed by atoms with Crippen LogP contribution in [0.2, 0.25) is 0 Å². The van der Waals surface area contributed by atoms with E-state index in [1.165, 1.54) is 12.1 Å². The smallest absolute Gasteiger partial charge is 0.342 e. The molecule has 138 valence electrons. The lowest BCUT2D eigenvalue weighted by Crippen LogP contribution is -2.50. The minimum Gasteiger partial charge on any atom is -0.483 e. The highest BCUT2D eigenvalue weighted by molar-refractivity contribution is 5.94. The van der Waals surface area contributed by atoms with Gasteiger partial charge in [-0.2, -0.15) is 5.26 Å². The van der Waals surface area contributed by atoms with Gasteiger partial charge in [-0.1, -0.05) is 31.4 Å². The largest absolute Gasteiger partial charge is 0.483 e. The summed E-state index contributed by atoms with van der Waals surface area (Å²) in [6, 6.07) is 8.34. The van der Waals surface area contributed by atoms with Gasteiger partial charge in [-0.25, -0.2) is 4.79 Å². The van der Waals surface area contributed by atoms with Crippen LogP contribution < -0.4 is 15.8 Å². The van der Waals surface area contributed by atoms with Gasteiger partial charge in [0.1, 0.15) is 16.9 Å². The third-order valence-corrected chi connectivity index (χ3v) is 4.11. The molecule has 0 radical (unpaired) electrons. The van der Waals surface area contributed by atoms with E-state index in [-0.39, 0.29) is 17.9 Å². The second-order valence-electron chi connectivity index (χ2n) is 6.13. The molecule has 0 unspecified atom stereocenters. The van der Waals surface area contributed by atoms with Crippen LogP contribution in [-0.2, 0) is 14.3 Å². The number of carbonyl (C=O) groups excluding carboxylic acids is 3. The fraction of sp³-hybridized carbons (Fsp3) is 0.444. The Morgan fingerprint density at radius 3 is 2.50 bits per heavy atom. The molecular weight excluding hydrogens is 338 g/mol. The highest BCUT2D eigenvalue weighted by Gasteiger charge is 2.33. The van der Waals surface area contributed by atoms with E-state index in [0.717, 1.165) is 19.3 Å². The fourth-order valence-electron chi connectivity index (χ4n) is 2.84. The van der Waals surface area contributed by atoms with Crippen LogP contribution in [0.4, 0.5) is 0 Å². The molecule has 1 aromatic carbocycles. The summed E-state index contributed by atoms with van der Waals surface area (Å²) in [7, 11) is 0. The number of carbonyl (C=O) groups is 3. The van der Waals surface area contributed by atoms with Crippen molar-refractivity contribution in [1.82, 2.24) is 5.32 Å². The Hall–Kier alpha value is -3.08. The average molecular weight is 359 g/mol. The summed E-state index contributed by atoms with van der Waals surface area (Å²) < 4.78 is 10.2. The van der Waals surface area contributed by atoms with Crippen molar-refractivity contribution in [3.8, 4) is 11.8 Å². The topological polar surface area (TPSA) is 132 Å². The molecule has 8 nitrogen and oxygen atoms in total. The number of para-hydroxylation sites is 1. The van der Waals surface area contributed by atoms with E-state index in [9.17, 15) is 19.6 Å². The quantitative estimate of drug-likeness (QED) is 0.700. The number of esters is 1. The fourth-order valence-corrected chi connectivity index (χ4v) is 2.84. The zero-order valence-corrected chi connectivity index (χ0v) is 14.3. The van der Waals surface area contributed by atoms with Crippen molar-refractivity contribution in [2.24, 2.45) is 5.73 Å². The molecule has 0 atom stereocenters. The molecule has 3 N–H and O–H groups in total. The molecule has 2 rings (SSSR count). The molecule has 0 bridgehead atoms.